The van der Waals surface area contributed by atoms with Crippen LogP contribution in [0.15, 0.2) is 60.7 Å². The number of pyridine rings is 1. The molecule has 1 amide bonds. The molecule has 32 heavy (non-hydrogen) atoms. The first-order valence-corrected chi connectivity index (χ1v) is 10.9. The summed E-state index contributed by atoms with van der Waals surface area (Å²) in [4.78, 5) is 18.5. The van der Waals surface area contributed by atoms with Crippen molar-refractivity contribution in [2.24, 2.45) is 13.0 Å². The minimum atomic E-state index is -0.0987. The Morgan fingerprint density at radius 2 is 1.84 bits per heavy atom. The van der Waals surface area contributed by atoms with Crippen LogP contribution < -0.4 is 10.1 Å². The predicted molar refractivity (Wildman–Crippen MR) is 125 cm³/mol. The molecule has 1 aliphatic carbocycles. The second-order valence-corrected chi connectivity index (χ2v) is 8.39. The summed E-state index contributed by atoms with van der Waals surface area (Å²) in [6.07, 6.45) is 2.23. The van der Waals surface area contributed by atoms with Gasteiger partial charge in [0.2, 0.25) is 0 Å². The molecule has 2 heterocycles. The lowest BCUT2D eigenvalue weighted by molar-refractivity contribution is 0.0933. The Bertz CT molecular complexity index is 1270. The molecule has 0 aliphatic heterocycles. The molecule has 2 aromatic carbocycles. The number of nitrogens with zero attached hydrogens (tertiary/aromatic N) is 3. The second-order valence-electron chi connectivity index (χ2n) is 8.39. The lowest BCUT2D eigenvalue weighted by atomic mass is 10.0. The molecule has 0 spiro atoms. The average molecular weight is 427 g/mol. The van der Waals surface area contributed by atoms with Gasteiger partial charge in [-0.25, -0.2) is 4.98 Å². The van der Waals surface area contributed by atoms with Crippen molar-refractivity contribution in [3.05, 3.63) is 77.5 Å². The first-order chi connectivity index (χ1) is 15.5. The number of ether oxygens (including phenoxy) is 1. The Hall–Kier alpha value is -3.67. The number of aromatic nitrogens is 3. The van der Waals surface area contributed by atoms with Crippen molar-refractivity contribution in [2.75, 3.05) is 7.11 Å². The Morgan fingerprint density at radius 3 is 2.50 bits per heavy atom. The van der Waals surface area contributed by atoms with Crippen LogP contribution in [0.25, 0.3) is 22.3 Å². The minimum Gasteiger partial charge on any atom is -0.497 e. The normalized spacial score (nSPS) is 14.3. The quantitative estimate of drug-likeness (QED) is 0.479. The van der Waals surface area contributed by atoms with Crippen LogP contribution in [-0.4, -0.2) is 27.8 Å². The van der Waals surface area contributed by atoms with Crippen molar-refractivity contribution in [3.63, 3.8) is 0 Å². The smallest absolute Gasteiger partial charge is 0.252 e. The summed E-state index contributed by atoms with van der Waals surface area (Å²) in [6, 6.07) is 19.7. The number of hydrogen-bond donors (Lipinski definition) is 1. The van der Waals surface area contributed by atoms with E-state index in [9.17, 15) is 4.79 Å². The molecule has 1 aliphatic rings. The monoisotopic (exact) mass is 426 g/mol. The Kier molecular flexibility index (Phi) is 5.13. The third-order valence-electron chi connectivity index (χ3n) is 6.14. The zero-order chi connectivity index (χ0) is 22.2. The molecule has 1 N–H and O–H groups in total. The first-order valence-electron chi connectivity index (χ1n) is 10.9. The topological polar surface area (TPSA) is 69.0 Å². The molecule has 2 aromatic heterocycles. The number of hydrogen-bond acceptors (Lipinski definition) is 4. The van der Waals surface area contributed by atoms with Crippen molar-refractivity contribution < 1.29 is 9.53 Å². The highest BCUT2D eigenvalue weighted by Crippen LogP contribution is 2.41. The van der Waals surface area contributed by atoms with Gasteiger partial charge in [0, 0.05) is 12.6 Å². The molecule has 1 atom stereocenters. The van der Waals surface area contributed by atoms with Gasteiger partial charge in [0.05, 0.1) is 35.5 Å². The first kappa shape index (κ1) is 20.2. The molecule has 5 rings (SSSR count). The highest BCUT2D eigenvalue weighted by molar-refractivity contribution is 6.07. The van der Waals surface area contributed by atoms with Crippen LogP contribution in [0.2, 0.25) is 0 Å². The van der Waals surface area contributed by atoms with Crippen molar-refractivity contribution in [1.82, 2.24) is 20.1 Å². The number of methoxy groups -OCH3 is 1. The van der Waals surface area contributed by atoms with E-state index in [0.29, 0.717) is 17.1 Å². The number of aryl methyl sites for hydroxylation is 2. The molecule has 4 aromatic rings. The number of fused-ring (bicyclic) bond motifs is 1. The van der Waals surface area contributed by atoms with Gasteiger partial charge in [-0.3, -0.25) is 9.48 Å². The van der Waals surface area contributed by atoms with Gasteiger partial charge in [0.1, 0.15) is 5.75 Å². The van der Waals surface area contributed by atoms with Crippen molar-refractivity contribution >= 4 is 16.9 Å². The SMILES string of the molecule is COc1ccc([C@@H](NC(=O)c2cc(-c3ccccc3)nc3c2c(C)nn3C)C2CC2)cc1. The van der Waals surface area contributed by atoms with E-state index in [1.54, 1.807) is 11.8 Å². The van der Waals surface area contributed by atoms with E-state index in [-0.39, 0.29) is 11.9 Å². The summed E-state index contributed by atoms with van der Waals surface area (Å²) in [5, 5.41) is 8.64. The van der Waals surface area contributed by atoms with Crippen LogP contribution in [0.5, 0.6) is 5.75 Å². The van der Waals surface area contributed by atoms with Crippen LogP contribution in [0.1, 0.15) is 40.5 Å². The van der Waals surface area contributed by atoms with E-state index < -0.39 is 0 Å². The van der Waals surface area contributed by atoms with Gasteiger partial charge in [0.15, 0.2) is 5.65 Å². The van der Waals surface area contributed by atoms with Crippen molar-refractivity contribution in [2.45, 2.75) is 25.8 Å². The third kappa shape index (κ3) is 3.73. The van der Waals surface area contributed by atoms with Crippen LogP contribution in [-0.2, 0) is 7.05 Å². The van der Waals surface area contributed by atoms with Crippen LogP contribution in [0, 0.1) is 12.8 Å². The number of nitrogens with one attached hydrogen (secondary N) is 1. The van der Waals surface area contributed by atoms with Gasteiger partial charge >= 0.3 is 0 Å². The molecule has 0 bridgehead atoms. The van der Waals surface area contributed by atoms with Crippen LogP contribution in [0.4, 0.5) is 0 Å². The largest absolute Gasteiger partial charge is 0.497 e. The minimum absolute atomic E-state index is 0.0335. The van der Waals surface area contributed by atoms with E-state index >= 15 is 0 Å². The molecule has 1 fully saturated rings. The molecule has 0 saturated heterocycles. The van der Waals surface area contributed by atoms with Crippen molar-refractivity contribution in [3.8, 4) is 17.0 Å². The molecule has 0 radical (unpaired) electrons. The molecule has 0 unspecified atom stereocenters. The van der Waals surface area contributed by atoms with Gasteiger partial charge in [-0.1, -0.05) is 42.5 Å². The lowest BCUT2D eigenvalue weighted by Gasteiger charge is -2.20. The highest BCUT2D eigenvalue weighted by Gasteiger charge is 2.34. The average Bonchev–Trinajstić information content (AvgIpc) is 3.63. The van der Waals surface area contributed by atoms with Gasteiger partial charge in [-0.15, -0.1) is 0 Å². The fourth-order valence-electron chi connectivity index (χ4n) is 4.31. The van der Waals surface area contributed by atoms with E-state index in [2.05, 4.69) is 10.4 Å². The zero-order valence-electron chi connectivity index (χ0n) is 18.5. The molecular formula is C26H26N4O2. The molecule has 1 saturated carbocycles. The predicted octanol–water partition coefficient (Wildman–Crippen LogP) is 4.83. The summed E-state index contributed by atoms with van der Waals surface area (Å²) in [7, 11) is 3.52. The number of amides is 1. The summed E-state index contributed by atoms with van der Waals surface area (Å²) in [5.41, 5.74) is 4.94. The van der Waals surface area contributed by atoms with Crippen molar-refractivity contribution in [1.29, 1.82) is 0 Å². The van der Waals surface area contributed by atoms with E-state index in [1.807, 2.05) is 74.6 Å². The summed E-state index contributed by atoms with van der Waals surface area (Å²) >= 11 is 0. The highest BCUT2D eigenvalue weighted by atomic mass is 16.5. The maximum absolute atomic E-state index is 13.6. The Balaban J connectivity index is 1.55. The molecule has 162 valence electrons. The van der Waals surface area contributed by atoms with Gasteiger partial charge < -0.3 is 10.1 Å². The standard InChI is InChI=1S/C26H26N4O2/c1-16-23-21(15-22(17-7-5-4-6-8-17)27-25(23)30(2)29-16)26(31)28-24(18-9-10-18)19-11-13-20(32-3)14-12-19/h4-8,11-15,18,24H,9-10H2,1-3H3,(H,28,31)/t24-/m0/s1. The second kappa shape index (κ2) is 8.11. The third-order valence-corrected chi connectivity index (χ3v) is 6.14. The number of benzene rings is 2. The lowest BCUT2D eigenvalue weighted by Crippen LogP contribution is -2.30. The summed E-state index contributed by atoms with van der Waals surface area (Å²) in [6.45, 7) is 1.92. The van der Waals surface area contributed by atoms with Gasteiger partial charge in [-0.05, 0) is 49.4 Å². The van der Waals surface area contributed by atoms with E-state index in [1.165, 1.54) is 0 Å². The summed E-state index contributed by atoms with van der Waals surface area (Å²) in [5.74, 6) is 1.16. The molecular weight excluding hydrogens is 400 g/mol. The molecule has 6 heteroatoms. The fraction of sp³-hybridized carbons (Fsp3) is 0.269. The maximum atomic E-state index is 13.6. The van der Waals surface area contributed by atoms with Gasteiger partial charge in [-0.2, -0.15) is 5.10 Å². The van der Waals surface area contributed by atoms with Gasteiger partial charge in [0.25, 0.3) is 5.91 Å². The van der Waals surface area contributed by atoms with Crippen LogP contribution in [0.3, 0.4) is 0 Å². The van der Waals surface area contributed by atoms with E-state index in [4.69, 9.17) is 9.72 Å². The maximum Gasteiger partial charge on any atom is 0.252 e. The Morgan fingerprint density at radius 1 is 1.12 bits per heavy atom. The van der Waals surface area contributed by atoms with E-state index in [0.717, 1.165) is 46.5 Å². The number of rotatable bonds is 6. The zero-order valence-corrected chi connectivity index (χ0v) is 18.5. The van der Waals surface area contributed by atoms with Crippen LogP contribution >= 0.6 is 0 Å². The fourth-order valence-corrected chi connectivity index (χ4v) is 4.31. The summed E-state index contributed by atoms with van der Waals surface area (Å²) < 4.78 is 7.04. The molecule has 6 nitrogen and oxygen atoms in total. The number of carbonyl (C=O) groups excluding carboxylic acids is 1. The Labute approximate surface area is 187 Å². The number of carbonyl (C=O) groups is 1.